The number of para-hydroxylation sites is 1. The Morgan fingerprint density at radius 3 is 2.62 bits per heavy atom. The molecule has 32 heavy (non-hydrogen) atoms. The highest BCUT2D eigenvalue weighted by atomic mass is 32.2. The summed E-state index contributed by atoms with van der Waals surface area (Å²) in [5.74, 6) is 0.447. The molecule has 0 saturated carbocycles. The first-order valence-corrected chi connectivity index (χ1v) is 10.6. The van der Waals surface area contributed by atoms with Gasteiger partial charge in [0.2, 0.25) is 0 Å². The molecule has 0 bridgehead atoms. The molecule has 9 heteroatoms. The number of rotatable bonds is 7. The van der Waals surface area contributed by atoms with Gasteiger partial charge in [0.1, 0.15) is 5.58 Å². The minimum absolute atomic E-state index is 0.0555. The van der Waals surface area contributed by atoms with Crippen LogP contribution in [0.15, 0.2) is 57.9 Å². The standard InChI is InChI=1S/C23H20N2O6S/c1-29-17-8-7-14(11-18(17)30-2)12-20-22(27)25(23(28)32-20)10-9-24-21(26)19-13-15-5-3-4-6-16(15)31-19/h3-8,11-13H,9-10H2,1-2H3,(H,24,26)/b20-12+. The summed E-state index contributed by atoms with van der Waals surface area (Å²) < 4.78 is 16.0. The first-order chi connectivity index (χ1) is 15.5. The average molecular weight is 452 g/mol. The number of carbonyl (C=O) groups excluding carboxylic acids is 3. The molecule has 0 spiro atoms. The summed E-state index contributed by atoms with van der Waals surface area (Å²) >= 11 is 0.853. The lowest BCUT2D eigenvalue weighted by molar-refractivity contribution is -0.122. The zero-order valence-corrected chi connectivity index (χ0v) is 18.2. The number of imide groups is 1. The first-order valence-electron chi connectivity index (χ1n) is 9.74. The van der Waals surface area contributed by atoms with Gasteiger partial charge in [-0.3, -0.25) is 19.3 Å². The summed E-state index contributed by atoms with van der Waals surface area (Å²) in [7, 11) is 3.06. The first kappa shape index (κ1) is 21.5. The van der Waals surface area contributed by atoms with Crippen LogP contribution in [-0.4, -0.2) is 49.3 Å². The molecule has 0 aliphatic carbocycles. The Balaban J connectivity index is 1.38. The van der Waals surface area contributed by atoms with Crippen LogP contribution in [0.4, 0.5) is 4.79 Å². The molecule has 3 aromatic rings. The molecular formula is C23H20N2O6S. The molecule has 1 N–H and O–H groups in total. The van der Waals surface area contributed by atoms with Crippen molar-refractivity contribution in [2.24, 2.45) is 0 Å². The smallest absolute Gasteiger partial charge is 0.293 e. The van der Waals surface area contributed by atoms with Gasteiger partial charge in [-0.25, -0.2) is 0 Å². The van der Waals surface area contributed by atoms with Crippen LogP contribution in [0.5, 0.6) is 11.5 Å². The van der Waals surface area contributed by atoms with E-state index in [1.165, 1.54) is 14.2 Å². The number of ether oxygens (including phenoxy) is 2. The Morgan fingerprint density at radius 1 is 1.09 bits per heavy atom. The third kappa shape index (κ3) is 4.33. The number of fused-ring (bicyclic) bond motifs is 1. The van der Waals surface area contributed by atoms with Gasteiger partial charge in [-0.15, -0.1) is 0 Å². The largest absolute Gasteiger partial charge is 0.493 e. The van der Waals surface area contributed by atoms with Crippen LogP contribution in [0.1, 0.15) is 16.1 Å². The highest BCUT2D eigenvalue weighted by Gasteiger charge is 2.34. The Hall–Kier alpha value is -3.72. The number of hydrogen-bond donors (Lipinski definition) is 1. The summed E-state index contributed by atoms with van der Waals surface area (Å²) in [5.41, 5.74) is 1.32. The highest BCUT2D eigenvalue weighted by Crippen LogP contribution is 2.34. The number of thioether (sulfide) groups is 1. The SMILES string of the molecule is COc1ccc(/C=C2/SC(=O)N(CCNC(=O)c3cc4ccccc4o3)C2=O)cc1OC. The molecule has 1 fully saturated rings. The van der Waals surface area contributed by atoms with Gasteiger partial charge in [0.05, 0.1) is 19.1 Å². The summed E-state index contributed by atoms with van der Waals surface area (Å²) in [5, 5.41) is 3.12. The van der Waals surface area contributed by atoms with Gasteiger partial charge in [0.25, 0.3) is 17.1 Å². The molecule has 1 aromatic heterocycles. The average Bonchev–Trinajstić information content (AvgIpc) is 3.35. The molecule has 2 aromatic carbocycles. The van der Waals surface area contributed by atoms with E-state index in [1.54, 1.807) is 36.4 Å². The summed E-state index contributed by atoms with van der Waals surface area (Å²) in [6.45, 7) is 0.164. The number of benzene rings is 2. The maximum atomic E-state index is 12.7. The molecule has 0 atom stereocenters. The number of nitrogens with one attached hydrogen (secondary N) is 1. The monoisotopic (exact) mass is 452 g/mol. The Labute approximate surface area is 188 Å². The number of carbonyl (C=O) groups is 3. The van der Waals surface area contributed by atoms with Crippen LogP contribution in [0.3, 0.4) is 0 Å². The Morgan fingerprint density at radius 2 is 1.88 bits per heavy atom. The molecule has 1 saturated heterocycles. The minimum atomic E-state index is -0.409. The molecule has 1 aliphatic rings. The van der Waals surface area contributed by atoms with E-state index in [0.29, 0.717) is 27.6 Å². The summed E-state index contributed by atoms with van der Waals surface area (Å²) in [6, 6.07) is 14.2. The van der Waals surface area contributed by atoms with Crippen molar-refractivity contribution in [3.05, 3.63) is 64.8 Å². The second-order valence-corrected chi connectivity index (χ2v) is 7.85. The molecular weight excluding hydrogens is 432 g/mol. The summed E-state index contributed by atoms with van der Waals surface area (Å²) in [6.07, 6.45) is 1.62. The van der Waals surface area contributed by atoms with Crippen LogP contribution in [-0.2, 0) is 4.79 Å². The molecule has 1 aliphatic heterocycles. The van der Waals surface area contributed by atoms with E-state index in [0.717, 1.165) is 22.0 Å². The number of hydrogen-bond acceptors (Lipinski definition) is 7. The normalized spacial score (nSPS) is 14.9. The van der Waals surface area contributed by atoms with Crippen LogP contribution in [0.25, 0.3) is 17.0 Å². The topological polar surface area (TPSA) is 98.1 Å². The number of methoxy groups -OCH3 is 2. The maximum Gasteiger partial charge on any atom is 0.293 e. The van der Waals surface area contributed by atoms with Crippen molar-refractivity contribution in [2.75, 3.05) is 27.3 Å². The van der Waals surface area contributed by atoms with Gasteiger partial charge in [0.15, 0.2) is 17.3 Å². The van der Waals surface area contributed by atoms with E-state index in [-0.39, 0.29) is 24.1 Å². The lowest BCUT2D eigenvalue weighted by atomic mass is 10.2. The van der Waals surface area contributed by atoms with Gasteiger partial charge >= 0.3 is 0 Å². The number of furan rings is 1. The van der Waals surface area contributed by atoms with Gasteiger partial charge in [0, 0.05) is 18.5 Å². The third-order valence-corrected chi connectivity index (χ3v) is 5.76. The maximum absolute atomic E-state index is 12.7. The molecule has 2 heterocycles. The van der Waals surface area contributed by atoms with E-state index in [4.69, 9.17) is 13.9 Å². The Bertz CT molecular complexity index is 1200. The second-order valence-electron chi connectivity index (χ2n) is 6.85. The third-order valence-electron chi connectivity index (χ3n) is 4.85. The van der Waals surface area contributed by atoms with Crippen molar-refractivity contribution in [3.63, 3.8) is 0 Å². The summed E-state index contributed by atoms with van der Waals surface area (Å²) in [4.78, 5) is 38.8. The van der Waals surface area contributed by atoms with Crippen molar-refractivity contribution in [1.29, 1.82) is 0 Å². The molecule has 3 amide bonds. The van der Waals surface area contributed by atoms with Crippen molar-refractivity contribution in [1.82, 2.24) is 10.2 Å². The molecule has 164 valence electrons. The lowest BCUT2D eigenvalue weighted by Crippen LogP contribution is -2.37. The highest BCUT2D eigenvalue weighted by molar-refractivity contribution is 8.18. The predicted molar refractivity (Wildman–Crippen MR) is 121 cm³/mol. The van der Waals surface area contributed by atoms with Crippen molar-refractivity contribution >= 4 is 45.9 Å². The fraction of sp³-hybridized carbons (Fsp3) is 0.174. The van der Waals surface area contributed by atoms with E-state index in [9.17, 15) is 14.4 Å². The van der Waals surface area contributed by atoms with Crippen molar-refractivity contribution < 1.29 is 28.3 Å². The molecule has 8 nitrogen and oxygen atoms in total. The zero-order chi connectivity index (χ0) is 22.7. The van der Waals surface area contributed by atoms with Gasteiger partial charge in [-0.05, 0) is 47.7 Å². The predicted octanol–water partition coefficient (Wildman–Crippen LogP) is 3.92. The fourth-order valence-corrected chi connectivity index (χ4v) is 4.11. The van der Waals surface area contributed by atoms with Gasteiger partial charge in [-0.1, -0.05) is 24.3 Å². The molecule has 0 unspecified atom stereocenters. The zero-order valence-electron chi connectivity index (χ0n) is 17.4. The van der Waals surface area contributed by atoms with Gasteiger partial charge < -0.3 is 19.2 Å². The second kappa shape index (κ2) is 9.19. The van der Waals surface area contributed by atoms with Gasteiger partial charge in [-0.2, -0.15) is 0 Å². The van der Waals surface area contributed by atoms with E-state index < -0.39 is 11.8 Å². The molecule has 4 rings (SSSR count). The van der Waals surface area contributed by atoms with Crippen LogP contribution >= 0.6 is 11.8 Å². The number of amides is 3. The minimum Gasteiger partial charge on any atom is -0.493 e. The van der Waals surface area contributed by atoms with E-state index in [2.05, 4.69) is 5.32 Å². The number of nitrogens with zero attached hydrogens (tertiary/aromatic N) is 1. The lowest BCUT2D eigenvalue weighted by Gasteiger charge is -2.12. The fourth-order valence-electron chi connectivity index (χ4n) is 3.25. The Kier molecular flexibility index (Phi) is 6.18. The van der Waals surface area contributed by atoms with Crippen molar-refractivity contribution in [2.45, 2.75) is 0 Å². The molecule has 0 radical (unpaired) electrons. The van der Waals surface area contributed by atoms with Crippen LogP contribution < -0.4 is 14.8 Å². The quantitative estimate of drug-likeness (QED) is 0.543. The van der Waals surface area contributed by atoms with Crippen molar-refractivity contribution in [3.8, 4) is 11.5 Å². The van der Waals surface area contributed by atoms with Crippen LogP contribution in [0.2, 0.25) is 0 Å². The van der Waals surface area contributed by atoms with E-state index in [1.807, 2.05) is 18.2 Å². The van der Waals surface area contributed by atoms with Crippen LogP contribution in [0, 0.1) is 0 Å². The van der Waals surface area contributed by atoms with E-state index >= 15 is 0 Å².